The van der Waals surface area contributed by atoms with Gasteiger partial charge in [0, 0.05) is 31.6 Å². The third kappa shape index (κ3) is 2.64. The van der Waals surface area contributed by atoms with Gasteiger partial charge in [-0.2, -0.15) is 0 Å². The van der Waals surface area contributed by atoms with Crippen molar-refractivity contribution in [1.82, 2.24) is 10.2 Å². The molecule has 21 heavy (non-hydrogen) atoms. The van der Waals surface area contributed by atoms with Crippen LogP contribution in [-0.4, -0.2) is 36.3 Å². The third-order valence-corrected chi connectivity index (χ3v) is 4.73. The zero-order valence-electron chi connectivity index (χ0n) is 12.1. The summed E-state index contributed by atoms with van der Waals surface area (Å²) in [5.41, 5.74) is 0.959. The Morgan fingerprint density at radius 2 is 2.05 bits per heavy atom. The Balaban J connectivity index is 1.67. The first kappa shape index (κ1) is 14.0. The predicted molar refractivity (Wildman–Crippen MR) is 76.3 cm³/mol. The van der Waals surface area contributed by atoms with E-state index in [1.807, 2.05) is 0 Å². The van der Waals surface area contributed by atoms with Crippen LogP contribution in [0.5, 0.6) is 0 Å². The lowest BCUT2D eigenvalue weighted by Crippen LogP contribution is -2.44. The minimum absolute atomic E-state index is 0.0202. The van der Waals surface area contributed by atoms with Crippen molar-refractivity contribution >= 4 is 11.8 Å². The number of rotatable bonds is 1. The van der Waals surface area contributed by atoms with Gasteiger partial charge in [-0.1, -0.05) is 6.07 Å². The maximum Gasteiger partial charge on any atom is 0.253 e. The van der Waals surface area contributed by atoms with Crippen molar-refractivity contribution in [3.63, 3.8) is 0 Å². The molecule has 0 unspecified atom stereocenters. The average molecular weight is 290 g/mol. The predicted octanol–water partition coefficient (Wildman–Crippen LogP) is 1.88. The van der Waals surface area contributed by atoms with Gasteiger partial charge >= 0.3 is 0 Å². The number of piperidine rings is 1. The van der Waals surface area contributed by atoms with Crippen LogP contribution in [-0.2, 0) is 4.79 Å². The molecule has 2 aliphatic rings. The zero-order chi connectivity index (χ0) is 15.0. The fourth-order valence-corrected chi connectivity index (χ4v) is 3.20. The maximum atomic E-state index is 13.6. The number of likely N-dealkylation sites (tertiary alicyclic amines) is 1. The normalized spacial score (nSPS) is 20.7. The number of amides is 2. The van der Waals surface area contributed by atoms with Gasteiger partial charge in [0.15, 0.2) is 0 Å². The van der Waals surface area contributed by atoms with Crippen molar-refractivity contribution in [2.45, 2.75) is 26.2 Å². The van der Waals surface area contributed by atoms with E-state index >= 15 is 0 Å². The monoisotopic (exact) mass is 290 g/mol. The molecule has 0 aliphatic carbocycles. The Labute approximate surface area is 123 Å². The summed E-state index contributed by atoms with van der Waals surface area (Å²) in [4.78, 5) is 25.6. The van der Waals surface area contributed by atoms with E-state index in [1.54, 1.807) is 24.0 Å². The van der Waals surface area contributed by atoms with Gasteiger partial charge in [-0.15, -0.1) is 0 Å². The molecule has 0 atom stereocenters. The summed E-state index contributed by atoms with van der Waals surface area (Å²) in [6.45, 7) is 3.65. The summed E-state index contributed by atoms with van der Waals surface area (Å²) in [6, 6.07) is 4.61. The SMILES string of the molecule is Cc1ccc(C(=O)N2CCC3(CC2)CNC(=O)C3)cc1F. The Morgan fingerprint density at radius 1 is 1.33 bits per heavy atom. The fourth-order valence-electron chi connectivity index (χ4n) is 3.20. The Morgan fingerprint density at radius 3 is 2.62 bits per heavy atom. The van der Waals surface area contributed by atoms with Crippen molar-refractivity contribution in [1.29, 1.82) is 0 Å². The molecular formula is C16H19FN2O2. The number of carbonyl (C=O) groups is 2. The molecule has 1 N–H and O–H groups in total. The fraction of sp³-hybridized carbons (Fsp3) is 0.500. The van der Waals surface area contributed by atoms with E-state index in [-0.39, 0.29) is 23.0 Å². The first-order chi connectivity index (χ1) is 9.99. The molecule has 1 aromatic rings. The lowest BCUT2D eigenvalue weighted by atomic mass is 9.77. The van der Waals surface area contributed by atoms with Gasteiger partial charge in [0.1, 0.15) is 5.82 Å². The Bertz CT molecular complexity index is 592. The summed E-state index contributed by atoms with van der Waals surface area (Å²) in [5.74, 6) is -0.365. The van der Waals surface area contributed by atoms with Crippen LogP contribution in [0, 0.1) is 18.2 Å². The van der Waals surface area contributed by atoms with Crippen molar-refractivity contribution in [3.05, 3.63) is 35.1 Å². The number of carbonyl (C=O) groups excluding carboxylic acids is 2. The lowest BCUT2D eigenvalue weighted by molar-refractivity contribution is -0.119. The molecule has 0 saturated carbocycles. The number of nitrogens with zero attached hydrogens (tertiary/aromatic N) is 1. The second-order valence-electron chi connectivity index (χ2n) is 6.21. The summed E-state index contributed by atoms with van der Waals surface area (Å²) < 4.78 is 13.6. The van der Waals surface area contributed by atoms with Gasteiger partial charge < -0.3 is 10.2 Å². The van der Waals surface area contributed by atoms with E-state index in [9.17, 15) is 14.0 Å². The van der Waals surface area contributed by atoms with E-state index in [0.29, 0.717) is 37.2 Å². The first-order valence-electron chi connectivity index (χ1n) is 7.31. The van der Waals surface area contributed by atoms with Crippen molar-refractivity contribution in [2.24, 2.45) is 5.41 Å². The van der Waals surface area contributed by atoms with Gasteiger partial charge in [-0.3, -0.25) is 9.59 Å². The number of benzene rings is 1. The first-order valence-corrected chi connectivity index (χ1v) is 7.31. The summed E-state index contributed by atoms with van der Waals surface area (Å²) >= 11 is 0. The van der Waals surface area contributed by atoms with Crippen molar-refractivity contribution in [2.75, 3.05) is 19.6 Å². The number of aryl methyl sites for hydroxylation is 1. The maximum absolute atomic E-state index is 13.6. The number of hydrogen-bond donors (Lipinski definition) is 1. The van der Waals surface area contributed by atoms with E-state index in [2.05, 4.69) is 5.32 Å². The minimum Gasteiger partial charge on any atom is -0.356 e. The number of hydrogen-bond acceptors (Lipinski definition) is 2. The average Bonchev–Trinajstić information content (AvgIpc) is 2.83. The molecule has 0 radical (unpaired) electrons. The van der Waals surface area contributed by atoms with E-state index < -0.39 is 0 Å². The van der Waals surface area contributed by atoms with Crippen LogP contribution in [0.15, 0.2) is 18.2 Å². The molecule has 0 aromatic heterocycles. The van der Waals surface area contributed by atoms with Crippen LogP contribution in [0.4, 0.5) is 4.39 Å². The van der Waals surface area contributed by atoms with Gasteiger partial charge in [-0.05, 0) is 42.9 Å². The van der Waals surface area contributed by atoms with Crippen LogP contribution >= 0.6 is 0 Å². The summed E-state index contributed by atoms with van der Waals surface area (Å²) in [7, 11) is 0. The standard InChI is InChI=1S/C16H19FN2O2/c1-11-2-3-12(8-13(11)17)15(21)19-6-4-16(5-7-19)9-14(20)18-10-16/h2-3,8H,4-7,9-10H2,1H3,(H,18,20). The molecule has 4 nitrogen and oxygen atoms in total. The highest BCUT2D eigenvalue weighted by Gasteiger charge is 2.41. The van der Waals surface area contributed by atoms with Gasteiger partial charge in [0.05, 0.1) is 0 Å². The molecule has 1 spiro atoms. The second kappa shape index (κ2) is 5.13. The highest BCUT2D eigenvalue weighted by molar-refractivity contribution is 5.94. The molecule has 2 fully saturated rings. The molecule has 2 amide bonds. The Kier molecular flexibility index (Phi) is 3.43. The smallest absolute Gasteiger partial charge is 0.253 e. The van der Waals surface area contributed by atoms with Crippen LogP contribution in [0.25, 0.3) is 0 Å². The molecule has 2 aliphatic heterocycles. The zero-order valence-corrected chi connectivity index (χ0v) is 12.1. The van der Waals surface area contributed by atoms with Crippen LogP contribution < -0.4 is 5.32 Å². The lowest BCUT2D eigenvalue weighted by Gasteiger charge is -2.38. The number of nitrogens with one attached hydrogen (secondary N) is 1. The van der Waals surface area contributed by atoms with Crippen molar-refractivity contribution < 1.29 is 14.0 Å². The van der Waals surface area contributed by atoms with E-state index in [4.69, 9.17) is 0 Å². The third-order valence-electron chi connectivity index (χ3n) is 4.73. The van der Waals surface area contributed by atoms with Gasteiger partial charge in [0.2, 0.25) is 5.91 Å². The summed E-state index contributed by atoms with van der Waals surface area (Å²) in [5, 5.41) is 2.88. The largest absolute Gasteiger partial charge is 0.356 e. The molecule has 2 heterocycles. The van der Waals surface area contributed by atoms with Crippen molar-refractivity contribution in [3.8, 4) is 0 Å². The van der Waals surface area contributed by atoms with Gasteiger partial charge in [-0.25, -0.2) is 4.39 Å². The second-order valence-corrected chi connectivity index (χ2v) is 6.21. The molecular weight excluding hydrogens is 271 g/mol. The van der Waals surface area contributed by atoms with Crippen LogP contribution in [0.3, 0.4) is 0 Å². The Hall–Kier alpha value is -1.91. The molecule has 3 rings (SSSR count). The minimum atomic E-state index is -0.347. The molecule has 1 aromatic carbocycles. The van der Waals surface area contributed by atoms with E-state index in [1.165, 1.54) is 6.07 Å². The molecule has 112 valence electrons. The van der Waals surface area contributed by atoms with Crippen LogP contribution in [0.1, 0.15) is 35.2 Å². The van der Waals surface area contributed by atoms with Gasteiger partial charge in [0.25, 0.3) is 5.91 Å². The number of halogens is 1. The molecule has 5 heteroatoms. The topological polar surface area (TPSA) is 49.4 Å². The highest BCUT2D eigenvalue weighted by Crippen LogP contribution is 2.37. The van der Waals surface area contributed by atoms with E-state index in [0.717, 1.165) is 12.8 Å². The molecule has 2 saturated heterocycles. The van der Waals surface area contributed by atoms with Crippen LogP contribution in [0.2, 0.25) is 0 Å². The highest BCUT2D eigenvalue weighted by atomic mass is 19.1. The quantitative estimate of drug-likeness (QED) is 0.858. The molecule has 0 bridgehead atoms. The summed E-state index contributed by atoms with van der Waals surface area (Å²) in [6.07, 6.45) is 2.21.